The minimum Gasteiger partial charge on any atom is -0.388 e. The van der Waals surface area contributed by atoms with E-state index >= 15 is 0 Å². The molecule has 72 valence electrons. The van der Waals surface area contributed by atoms with Crippen molar-refractivity contribution in [3.05, 3.63) is 29.8 Å². The van der Waals surface area contributed by atoms with Gasteiger partial charge in [-0.1, -0.05) is 25.1 Å². The molecule has 0 aromatic heterocycles. The van der Waals surface area contributed by atoms with Crippen LogP contribution in [-0.4, -0.2) is 7.05 Å². The van der Waals surface area contributed by atoms with Crippen molar-refractivity contribution < 1.29 is 0 Å². The van der Waals surface area contributed by atoms with Crippen LogP contribution in [0, 0.1) is 0 Å². The van der Waals surface area contributed by atoms with Gasteiger partial charge in [0.05, 0.1) is 0 Å². The first-order valence-corrected chi connectivity index (χ1v) is 4.68. The van der Waals surface area contributed by atoms with Crippen molar-refractivity contribution in [3.8, 4) is 0 Å². The van der Waals surface area contributed by atoms with E-state index in [1.165, 1.54) is 5.56 Å². The molecular formula is C11H18N2. The van der Waals surface area contributed by atoms with Crippen LogP contribution in [0.15, 0.2) is 24.3 Å². The molecule has 1 rings (SSSR count). The zero-order chi connectivity index (χ0) is 9.90. The Kier molecular flexibility index (Phi) is 2.94. The van der Waals surface area contributed by atoms with Crippen LogP contribution in [0.25, 0.3) is 0 Å². The summed E-state index contributed by atoms with van der Waals surface area (Å²) >= 11 is 0. The highest BCUT2D eigenvalue weighted by Gasteiger charge is 2.20. The van der Waals surface area contributed by atoms with Gasteiger partial charge in [-0.3, -0.25) is 0 Å². The van der Waals surface area contributed by atoms with Gasteiger partial charge in [0.15, 0.2) is 0 Å². The third-order valence-electron chi connectivity index (χ3n) is 2.55. The van der Waals surface area contributed by atoms with Crippen molar-refractivity contribution in [2.45, 2.75) is 25.8 Å². The second-order valence-electron chi connectivity index (χ2n) is 3.57. The van der Waals surface area contributed by atoms with Gasteiger partial charge in [0.2, 0.25) is 0 Å². The Bertz CT molecular complexity index is 279. The normalized spacial score (nSPS) is 15.1. The Morgan fingerprint density at radius 3 is 2.54 bits per heavy atom. The topological polar surface area (TPSA) is 38.0 Å². The lowest BCUT2D eigenvalue weighted by atomic mass is 9.89. The number of nitrogens with one attached hydrogen (secondary N) is 1. The molecule has 0 bridgehead atoms. The molecule has 1 aromatic carbocycles. The molecule has 1 aromatic rings. The standard InChI is InChI=1S/C11H18N2/c1-4-11(2,12)9-7-5-6-8-10(9)13-3/h5-8,13H,4,12H2,1-3H3. The lowest BCUT2D eigenvalue weighted by molar-refractivity contribution is 0.478. The van der Waals surface area contributed by atoms with Crippen LogP contribution < -0.4 is 11.1 Å². The zero-order valence-electron chi connectivity index (χ0n) is 8.59. The lowest BCUT2D eigenvalue weighted by Gasteiger charge is -2.25. The summed E-state index contributed by atoms with van der Waals surface area (Å²) in [6.07, 6.45) is 0.936. The molecule has 2 heteroatoms. The predicted molar refractivity (Wildman–Crippen MR) is 57.8 cm³/mol. The molecule has 0 saturated heterocycles. The summed E-state index contributed by atoms with van der Waals surface area (Å²) in [5.74, 6) is 0. The van der Waals surface area contributed by atoms with E-state index in [1.807, 2.05) is 19.2 Å². The highest BCUT2D eigenvalue weighted by atomic mass is 14.8. The van der Waals surface area contributed by atoms with E-state index < -0.39 is 0 Å². The number of para-hydroxylation sites is 1. The van der Waals surface area contributed by atoms with E-state index in [4.69, 9.17) is 5.73 Å². The highest BCUT2D eigenvalue weighted by molar-refractivity contribution is 5.53. The van der Waals surface area contributed by atoms with Gasteiger partial charge < -0.3 is 11.1 Å². The van der Waals surface area contributed by atoms with Gasteiger partial charge >= 0.3 is 0 Å². The average molecular weight is 178 g/mol. The molecule has 1 unspecified atom stereocenters. The summed E-state index contributed by atoms with van der Waals surface area (Å²) in [5, 5.41) is 3.16. The third kappa shape index (κ3) is 2.01. The zero-order valence-corrected chi connectivity index (χ0v) is 8.59. The maximum Gasteiger partial charge on any atom is 0.0398 e. The van der Waals surface area contributed by atoms with Crippen LogP contribution in [-0.2, 0) is 5.54 Å². The van der Waals surface area contributed by atoms with Crippen LogP contribution in [0.5, 0.6) is 0 Å². The van der Waals surface area contributed by atoms with E-state index in [0.717, 1.165) is 12.1 Å². The fraction of sp³-hybridized carbons (Fsp3) is 0.455. The maximum atomic E-state index is 6.17. The summed E-state index contributed by atoms with van der Waals surface area (Å²) in [5.41, 5.74) is 8.24. The SMILES string of the molecule is CCC(C)(N)c1ccccc1NC. The fourth-order valence-electron chi connectivity index (χ4n) is 1.39. The van der Waals surface area contributed by atoms with Gasteiger partial charge in [-0.05, 0) is 25.0 Å². The fourth-order valence-corrected chi connectivity index (χ4v) is 1.39. The smallest absolute Gasteiger partial charge is 0.0398 e. The molecule has 0 fully saturated rings. The summed E-state index contributed by atoms with van der Waals surface area (Å²) < 4.78 is 0. The van der Waals surface area contributed by atoms with Crippen molar-refractivity contribution in [2.24, 2.45) is 5.73 Å². The van der Waals surface area contributed by atoms with Gasteiger partial charge in [-0.2, -0.15) is 0 Å². The third-order valence-corrected chi connectivity index (χ3v) is 2.55. The van der Waals surface area contributed by atoms with Crippen molar-refractivity contribution in [3.63, 3.8) is 0 Å². The molecule has 0 aliphatic heterocycles. The summed E-state index contributed by atoms with van der Waals surface area (Å²) in [6, 6.07) is 8.17. The Balaban J connectivity index is 3.12. The van der Waals surface area contributed by atoms with Crippen molar-refractivity contribution in [1.29, 1.82) is 0 Å². The Morgan fingerprint density at radius 2 is 2.00 bits per heavy atom. The van der Waals surface area contributed by atoms with Gasteiger partial charge in [0.1, 0.15) is 0 Å². The van der Waals surface area contributed by atoms with Crippen LogP contribution in [0.3, 0.4) is 0 Å². The Hall–Kier alpha value is -1.02. The maximum absolute atomic E-state index is 6.17. The monoisotopic (exact) mass is 178 g/mol. The molecule has 1 atom stereocenters. The molecule has 0 amide bonds. The van der Waals surface area contributed by atoms with Gasteiger partial charge in [0, 0.05) is 18.3 Å². The van der Waals surface area contributed by atoms with Crippen LogP contribution in [0.2, 0.25) is 0 Å². The number of anilines is 1. The van der Waals surface area contributed by atoms with Gasteiger partial charge in [-0.25, -0.2) is 0 Å². The number of hydrogen-bond acceptors (Lipinski definition) is 2. The highest BCUT2D eigenvalue weighted by Crippen LogP contribution is 2.27. The van der Waals surface area contributed by atoms with E-state index in [-0.39, 0.29) is 5.54 Å². The van der Waals surface area contributed by atoms with Crippen molar-refractivity contribution in [1.82, 2.24) is 0 Å². The minimum absolute atomic E-state index is 0.237. The number of benzene rings is 1. The second kappa shape index (κ2) is 3.79. The first kappa shape index (κ1) is 10.1. The van der Waals surface area contributed by atoms with Crippen LogP contribution in [0.1, 0.15) is 25.8 Å². The number of hydrogen-bond donors (Lipinski definition) is 2. The summed E-state index contributed by atoms with van der Waals surface area (Å²) in [6.45, 7) is 4.16. The van der Waals surface area contributed by atoms with Crippen LogP contribution in [0.4, 0.5) is 5.69 Å². The molecule has 0 radical (unpaired) electrons. The summed E-state index contributed by atoms with van der Waals surface area (Å²) in [4.78, 5) is 0. The van der Waals surface area contributed by atoms with Crippen LogP contribution >= 0.6 is 0 Å². The number of nitrogens with two attached hydrogens (primary N) is 1. The molecule has 13 heavy (non-hydrogen) atoms. The van der Waals surface area contributed by atoms with E-state index in [1.54, 1.807) is 0 Å². The molecule has 0 spiro atoms. The summed E-state index contributed by atoms with van der Waals surface area (Å²) in [7, 11) is 1.92. The molecular weight excluding hydrogens is 160 g/mol. The minimum atomic E-state index is -0.237. The molecule has 0 aliphatic rings. The Labute approximate surface area is 80.1 Å². The first-order chi connectivity index (χ1) is 6.11. The molecule has 2 nitrogen and oxygen atoms in total. The molecule has 0 saturated carbocycles. The average Bonchev–Trinajstić information content (AvgIpc) is 2.18. The molecule has 0 aliphatic carbocycles. The number of rotatable bonds is 3. The molecule has 3 N–H and O–H groups in total. The van der Waals surface area contributed by atoms with E-state index in [2.05, 4.69) is 31.3 Å². The molecule has 0 heterocycles. The van der Waals surface area contributed by atoms with Gasteiger partial charge in [-0.15, -0.1) is 0 Å². The van der Waals surface area contributed by atoms with E-state index in [9.17, 15) is 0 Å². The second-order valence-corrected chi connectivity index (χ2v) is 3.57. The Morgan fingerprint density at radius 1 is 1.38 bits per heavy atom. The van der Waals surface area contributed by atoms with Crippen molar-refractivity contribution >= 4 is 5.69 Å². The largest absolute Gasteiger partial charge is 0.388 e. The quantitative estimate of drug-likeness (QED) is 0.745. The first-order valence-electron chi connectivity index (χ1n) is 4.68. The predicted octanol–water partition coefficient (Wildman–Crippen LogP) is 2.31. The van der Waals surface area contributed by atoms with Crippen molar-refractivity contribution in [2.75, 3.05) is 12.4 Å². The van der Waals surface area contributed by atoms with Gasteiger partial charge in [0.25, 0.3) is 0 Å². The lowest BCUT2D eigenvalue weighted by Crippen LogP contribution is -2.32. The van der Waals surface area contributed by atoms with E-state index in [0.29, 0.717) is 0 Å².